The smallest absolute Gasteiger partial charge is 0.0428 e. The molecule has 0 aliphatic carbocycles. The molecule has 3 nitrogen and oxygen atoms in total. The SMILES string of the molecule is C=C/C=C(\C)c1ccc(CN2CCN(Cc3ccncc3)C(=C)C2)cc1. The van der Waals surface area contributed by atoms with Gasteiger partial charge in [0.15, 0.2) is 0 Å². The van der Waals surface area contributed by atoms with Crippen molar-refractivity contribution in [3.05, 3.63) is 96.5 Å². The van der Waals surface area contributed by atoms with Crippen LogP contribution in [0.4, 0.5) is 0 Å². The zero-order valence-corrected chi connectivity index (χ0v) is 15.6. The molecule has 0 N–H and O–H groups in total. The van der Waals surface area contributed by atoms with Crippen LogP contribution in [0, 0.1) is 0 Å². The maximum atomic E-state index is 4.29. The summed E-state index contributed by atoms with van der Waals surface area (Å²) in [4.78, 5) is 8.92. The summed E-state index contributed by atoms with van der Waals surface area (Å²) >= 11 is 0. The number of piperazine rings is 1. The quantitative estimate of drug-likeness (QED) is 0.719. The average molecular weight is 345 g/mol. The van der Waals surface area contributed by atoms with Crippen LogP contribution in [0.15, 0.2) is 79.8 Å². The predicted octanol–water partition coefficient (Wildman–Crippen LogP) is 4.50. The first-order valence-electron chi connectivity index (χ1n) is 9.08. The maximum absolute atomic E-state index is 4.29. The molecule has 0 amide bonds. The summed E-state index contributed by atoms with van der Waals surface area (Å²) in [6, 6.07) is 13.0. The van der Waals surface area contributed by atoms with Crippen molar-refractivity contribution in [3.63, 3.8) is 0 Å². The molecule has 26 heavy (non-hydrogen) atoms. The van der Waals surface area contributed by atoms with Gasteiger partial charge in [-0.3, -0.25) is 9.88 Å². The van der Waals surface area contributed by atoms with Crippen molar-refractivity contribution in [3.8, 4) is 0 Å². The standard InChI is InChI=1S/C23H27N3/c1-4-5-19(2)23-8-6-21(7-9-23)17-25-14-15-26(20(3)16-25)18-22-10-12-24-13-11-22/h4-13H,1,3,14-18H2,2H3/b19-5+. The Morgan fingerprint density at radius 3 is 2.38 bits per heavy atom. The maximum Gasteiger partial charge on any atom is 0.0428 e. The molecule has 0 spiro atoms. The topological polar surface area (TPSA) is 19.4 Å². The normalized spacial score (nSPS) is 16.0. The lowest BCUT2D eigenvalue weighted by atomic mass is 10.0. The molecule has 0 atom stereocenters. The molecule has 2 aromatic rings. The van der Waals surface area contributed by atoms with E-state index in [-0.39, 0.29) is 0 Å². The largest absolute Gasteiger partial charge is 0.369 e. The molecule has 0 unspecified atom stereocenters. The fraction of sp³-hybridized carbons (Fsp3) is 0.261. The van der Waals surface area contributed by atoms with Crippen molar-refractivity contribution < 1.29 is 0 Å². The Hall–Kier alpha value is -2.65. The van der Waals surface area contributed by atoms with E-state index in [1.165, 1.54) is 28.0 Å². The van der Waals surface area contributed by atoms with E-state index in [9.17, 15) is 0 Å². The number of hydrogen-bond donors (Lipinski definition) is 0. The molecule has 0 radical (unpaired) electrons. The van der Waals surface area contributed by atoms with Gasteiger partial charge in [0.25, 0.3) is 0 Å². The number of nitrogens with zero attached hydrogens (tertiary/aromatic N) is 3. The van der Waals surface area contributed by atoms with Crippen molar-refractivity contribution in [1.29, 1.82) is 0 Å². The van der Waals surface area contributed by atoms with E-state index in [1.54, 1.807) is 0 Å². The van der Waals surface area contributed by atoms with Gasteiger partial charge >= 0.3 is 0 Å². The third-order valence-corrected chi connectivity index (χ3v) is 4.85. The zero-order chi connectivity index (χ0) is 18.4. The summed E-state index contributed by atoms with van der Waals surface area (Å²) in [6.45, 7) is 15.0. The van der Waals surface area contributed by atoms with Crippen molar-refractivity contribution in [2.24, 2.45) is 0 Å². The molecule has 1 aliphatic heterocycles. The lowest BCUT2D eigenvalue weighted by Gasteiger charge is -2.37. The number of benzene rings is 1. The highest BCUT2D eigenvalue weighted by atomic mass is 15.3. The average Bonchev–Trinajstić information content (AvgIpc) is 2.66. The summed E-state index contributed by atoms with van der Waals surface area (Å²) in [5.41, 5.74) is 6.31. The van der Waals surface area contributed by atoms with Crippen LogP contribution in [0.1, 0.15) is 23.6 Å². The van der Waals surface area contributed by atoms with Gasteiger partial charge in [-0.15, -0.1) is 0 Å². The first-order valence-corrected chi connectivity index (χ1v) is 9.08. The van der Waals surface area contributed by atoms with Gasteiger partial charge in [0.2, 0.25) is 0 Å². The molecule has 1 aromatic carbocycles. The van der Waals surface area contributed by atoms with E-state index in [4.69, 9.17) is 0 Å². The number of rotatable bonds is 6. The van der Waals surface area contributed by atoms with Crippen LogP contribution in [0.25, 0.3) is 5.57 Å². The molecule has 0 bridgehead atoms. The third-order valence-electron chi connectivity index (χ3n) is 4.85. The van der Waals surface area contributed by atoms with E-state index in [0.717, 1.165) is 32.7 Å². The molecule has 0 saturated carbocycles. The summed E-state index contributed by atoms with van der Waals surface area (Å²) in [5, 5.41) is 0. The molecule has 1 saturated heterocycles. The summed E-state index contributed by atoms with van der Waals surface area (Å²) in [7, 11) is 0. The summed E-state index contributed by atoms with van der Waals surface area (Å²) < 4.78 is 0. The molecule has 1 aromatic heterocycles. The van der Waals surface area contributed by atoms with Crippen molar-refractivity contribution >= 4 is 5.57 Å². The van der Waals surface area contributed by atoms with Gasteiger partial charge in [0, 0.05) is 50.8 Å². The molecule has 1 aliphatic rings. The van der Waals surface area contributed by atoms with Crippen LogP contribution in [0.2, 0.25) is 0 Å². The fourth-order valence-electron chi connectivity index (χ4n) is 3.30. The monoisotopic (exact) mass is 345 g/mol. The highest BCUT2D eigenvalue weighted by Crippen LogP contribution is 2.19. The molecule has 1 fully saturated rings. The van der Waals surface area contributed by atoms with E-state index >= 15 is 0 Å². The lowest BCUT2D eigenvalue weighted by molar-refractivity contribution is 0.167. The Balaban J connectivity index is 1.55. The second-order valence-electron chi connectivity index (χ2n) is 6.84. The second-order valence-corrected chi connectivity index (χ2v) is 6.84. The van der Waals surface area contributed by atoms with Crippen LogP contribution >= 0.6 is 0 Å². The van der Waals surface area contributed by atoms with Crippen LogP contribution in [-0.4, -0.2) is 34.4 Å². The van der Waals surface area contributed by atoms with Gasteiger partial charge in [-0.2, -0.15) is 0 Å². The Morgan fingerprint density at radius 2 is 1.73 bits per heavy atom. The van der Waals surface area contributed by atoms with Gasteiger partial charge in [-0.1, -0.05) is 49.6 Å². The summed E-state index contributed by atoms with van der Waals surface area (Å²) in [5.74, 6) is 0. The molecular weight excluding hydrogens is 318 g/mol. The third kappa shape index (κ3) is 4.70. The summed E-state index contributed by atoms with van der Waals surface area (Å²) in [6.07, 6.45) is 7.58. The van der Waals surface area contributed by atoms with Crippen molar-refractivity contribution in [2.75, 3.05) is 19.6 Å². The number of hydrogen-bond acceptors (Lipinski definition) is 3. The predicted molar refractivity (Wildman–Crippen MR) is 109 cm³/mol. The lowest BCUT2D eigenvalue weighted by Crippen LogP contribution is -2.43. The van der Waals surface area contributed by atoms with Crippen LogP contribution in [-0.2, 0) is 13.1 Å². The Labute approximate surface area is 157 Å². The van der Waals surface area contributed by atoms with E-state index in [0.29, 0.717) is 0 Å². The molecule has 2 heterocycles. The molecular formula is C23H27N3. The highest BCUT2D eigenvalue weighted by molar-refractivity contribution is 5.65. The number of aromatic nitrogens is 1. The van der Waals surface area contributed by atoms with Gasteiger partial charge in [-0.05, 0) is 41.3 Å². The highest BCUT2D eigenvalue weighted by Gasteiger charge is 2.19. The van der Waals surface area contributed by atoms with Gasteiger partial charge in [0.1, 0.15) is 0 Å². The van der Waals surface area contributed by atoms with Gasteiger partial charge in [0.05, 0.1) is 0 Å². The molecule has 3 rings (SSSR count). The first-order chi connectivity index (χ1) is 12.7. The Bertz CT molecular complexity index is 775. The van der Waals surface area contributed by atoms with Crippen molar-refractivity contribution in [2.45, 2.75) is 20.0 Å². The van der Waals surface area contributed by atoms with Crippen molar-refractivity contribution in [1.82, 2.24) is 14.8 Å². The van der Waals surface area contributed by atoms with E-state index in [1.807, 2.05) is 24.5 Å². The number of pyridine rings is 1. The molecule has 134 valence electrons. The van der Waals surface area contributed by atoms with Gasteiger partial charge in [-0.25, -0.2) is 0 Å². The Morgan fingerprint density at radius 1 is 1.04 bits per heavy atom. The van der Waals surface area contributed by atoms with Crippen LogP contribution in [0.3, 0.4) is 0 Å². The fourth-order valence-corrected chi connectivity index (χ4v) is 3.30. The minimum Gasteiger partial charge on any atom is -0.369 e. The first kappa shape index (κ1) is 18.2. The minimum absolute atomic E-state index is 0.915. The van der Waals surface area contributed by atoms with E-state index in [2.05, 4.69) is 71.3 Å². The van der Waals surface area contributed by atoms with Gasteiger partial charge < -0.3 is 4.90 Å². The zero-order valence-electron chi connectivity index (χ0n) is 15.6. The van der Waals surface area contributed by atoms with Crippen LogP contribution < -0.4 is 0 Å². The second kappa shape index (κ2) is 8.63. The number of allylic oxidation sites excluding steroid dienone is 3. The van der Waals surface area contributed by atoms with E-state index < -0.39 is 0 Å². The minimum atomic E-state index is 0.915. The van der Waals surface area contributed by atoms with Crippen LogP contribution in [0.5, 0.6) is 0 Å². The molecule has 3 heteroatoms. The Kier molecular flexibility index (Phi) is 6.03.